The highest BCUT2D eigenvalue weighted by Gasteiger charge is 2.32. The van der Waals surface area contributed by atoms with Gasteiger partial charge in [-0.3, -0.25) is 4.90 Å². The molecule has 0 amide bonds. The van der Waals surface area contributed by atoms with Gasteiger partial charge in [0.1, 0.15) is 8.24 Å². The van der Waals surface area contributed by atoms with E-state index in [0.29, 0.717) is 0 Å². The first-order chi connectivity index (χ1) is 9.49. The molecule has 4 heteroatoms. The van der Waals surface area contributed by atoms with Gasteiger partial charge in [0, 0.05) is 19.8 Å². The van der Waals surface area contributed by atoms with Crippen molar-refractivity contribution in [2.45, 2.75) is 65.1 Å². The minimum Gasteiger partial charge on any atom is -0.312 e. The predicted octanol–water partition coefficient (Wildman–Crippen LogP) is 3.90. The largest absolute Gasteiger partial charge is 0.312 e. The zero-order chi connectivity index (χ0) is 15.0. The van der Waals surface area contributed by atoms with Crippen LogP contribution in [0.5, 0.6) is 0 Å². The third-order valence-electron chi connectivity index (χ3n) is 4.52. The van der Waals surface area contributed by atoms with Crippen molar-refractivity contribution in [3.63, 3.8) is 0 Å². The number of nitriles is 1. The fraction of sp³-hybridized carbons (Fsp3) is 0.938. The van der Waals surface area contributed by atoms with Crippen molar-refractivity contribution >= 4 is 8.24 Å². The molecule has 1 fully saturated rings. The number of hydrogen-bond acceptors (Lipinski definition) is 3. The molecule has 0 spiro atoms. The van der Waals surface area contributed by atoms with Gasteiger partial charge < -0.3 is 4.57 Å². The van der Waals surface area contributed by atoms with Gasteiger partial charge in [0.15, 0.2) is 0 Å². The molecule has 1 aliphatic heterocycles. The summed E-state index contributed by atoms with van der Waals surface area (Å²) in [6.07, 6.45) is 6.78. The molecule has 1 unspecified atom stereocenters. The Morgan fingerprint density at radius 3 is 2.60 bits per heavy atom. The van der Waals surface area contributed by atoms with Gasteiger partial charge in [-0.1, -0.05) is 45.7 Å². The summed E-state index contributed by atoms with van der Waals surface area (Å²) in [6.45, 7) is 13.8. The van der Waals surface area contributed by atoms with E-state index in [-0.39, 0.29) is 5.92 Å². The summed E-state index contributed by atoms with van der Waals surface area (Å²) in [5.41, 5.74) is 0. The molecule has 0 N–H and O–H groups in total. The minimum atomic E-state index is -1.25. The Labute approximate surface area is 127 Å². The molecule has 0 radical (unpaired) electrons. The summed E-state index contributed by atoms with van der Waals surface area (Å²) in [7, 11) is -1.25. The molecule has 0 saturated carbocycles. The van der Waals surface area contributed by atoms with Crippen LogP contribution in [0.1, 0.15) is 46.0 Å². The minimum absolute atomic E-state index is 0.157. The molecule has 1 aliphatic rings. The van der Waals surface area contributed by atoms with Crippen LogP contribution in [-0.4, -0.2) is 44.0 Å². The van der Waals surface area contributed by atoms with Crippen molar-refractivity contribution in [1.82, 2.24) is 9.47 Å². The van der Waals surface area contributed by atoms with Crippen molar-refractivity contribution in [3.8, 4) is 6.07 Å². The summed E-state index contributed by atoms with van der Waals surface area (Å²) in [4.78, 5) is 2.48. The van der Waals surface area contributed by atoms with E-state index in [1.54, 1.807) is 0 Å². The van der Waals surface area contributed by atoms with Gasteiger partial charge in [-0.05, 0) is 25.9 Å². The van der Waals surface area contributed by atoms with Crippen molar-refractivity contribution in [2.24, 2.45) is 5.92 Å². The molecule has 20 heavy (non-hydrogen) atoms. The van der Waals surface area contributed by atoms with Gasteiger partial charge in [-0.2, -0.15) is 5.26 Å². The lowest BCUT2D eigenvalue weighted by molar-refractivity contribution is 0.131. The fourth-order valence-corrected chi connectivity index (χ4v) is 5.86. The van der Waals surface area contributed by atoms with E-state index in [1.165, 1.54) is 51.2 Å². The highest BCUT2D eigenvalue weighted by molar-refractivity contribution is 6.74. The molecule has 116 valence electrons. The van der Waals surface area contributed by atoms with Gasteiger partial charge in [0.2, 0.25) is 0 Å². The molecule has 1 heterocycles. The second-order valence-electron chi connectivity index (χ2n) is 6.99. The first-order valence-corrected chi connectivity index (χ1v) is 11.5. The summed E-state index contributed by atoms with van der Waals surface area (Å²) < 4.78 is 2.76. The Morgan fingerprint density at radius 2 is 1.95 bits per heavy atom. The second kappa shape index (κ2) is 8.81. The molecule has 0 aromatic carbocycles. The monoisotopic (exact) mass is 295 g/mol. The predicted molar refractivity (Wildman–Crippen MR) is 89.0 cm³/mol. The van der Waals surface area contributed by atoms with Crippen LogP contribution in [0.3, 0.4) is 0 Å². The molecule has 0 aromatic rings. The average Bonchev–Trinajstić information content (AvgIpc) is 2.44. The highest BCUT2D eigenvalue weighted by atomic mass is 28.3. The molecule has 1 saturated heterocycles. The lowest BCUT2D eigenvalue weighted by atomic mass is 10.2. The standard InChI is InChI=1S/C16H33N3Si/c1-5-6-7-8-12-20(3,4)19-11-9-10-18(15-19)14-16(2)13-17/h16H,5-12,14-15H2,1-4H3. The maximum Gasteiger partial charge on any atom is 0.123 e. The van der Waals surface area contributed by atoms with Crippen LogP contribution < -0.4 is 0 Å². The third-order valence-corrected chi connectivity index (χ3v) is 8.18. The Morgan fingerprint density at radius 1 is 1.20 bits per heavy atom. The average molecular weight is 296 g/mol. The Bertz CT molecular complexity index is 311. The number of nitrogens with zero attached hydrogens (tertiary/aromatic N) is 3. The smallest absolute Gasteiger partial charge is 0.123 e. The van der Waals surface area contributed by atoms with E-state index in [0.717, 1.165) is 13.2 Å². The maximum atomic E-state index is 8.98. The Kier molecular flexibility index (Phi) is 7.79. The number of rotatable bonds is 8. The maximum absolute atomic E-state index is 8.98. The second-order valence-corrected chi connectivity index (χ2v) is 11.7. The third kappa shape index (κ3) is 5.95. The molecule has 0 aliphatic carbocycles. The fourth-order valence-electron chi connectivity index (χ4n) is 3.08. The quantitative estimate of drug-likeness (QED) is 0.502. The molecular weight excluding hydrogens is 262 g/mol. The zero-order valence-corrected chi connectivity index (χ0v) is 15.0. The summed E-state index contributed by atoms with van der Waals surface area (Å²) >= 11 is 0. The van der Waals surface area contributed by atoms with Gasteiger partial charge in [0.25, 0.3) is 0 Å². The van der Waals surface area contributed by atoms with E-state index < -0.39 is 8.24 Å². The number of unbranched alkanes of at least 4 members (excludes halogenated alkanes) is 3. The lowest BCUT2D eigenvalue weighted by Crippen LogP contribution is -2.57. The first-order valence-electron chi connectivity index (χ1n) is 8.36. The van der Waals surface area contributed by atoms with E-state index in [4.69, 9.17) is 5.26 Å². The lowest BCUT2D eigenvalue weighted by Gasteiger charge is -2.44. The zero-order valence-electron chi connectivity index (χ0n) is 14.0. The molecule has 1 rings (SSSR count). The Hall–Kier alpha value is -0.373. The van der Waals surface area contributed by atoms with Gasteiger partial charge in [-0.25, -0.2) is 0 Å². The van der Waals surface area contributed by atoms with Crippen LogP contribution in [0.4, 0.5) is 0 Å². The number of hydrogen-bond donors (Lipinski definition) is 0. The van der Waals surface area contributed by atoms with Crippen LogP contribution in [0.15, 0.2) is 0 Å². The van der Waals surface area contributed by atoms with Crippen LogP contribution in [0.2, 0.25) is 19.1 Å². The molecule has 0 bridgehead atoms. The topological polar surface area (TPSA) is 30.3 Å². The molecule has 1 atom stereocenters. The van der Waals surface area contributed by atoms with Gasteiger partial charge >= 0.3 is 0 Å². The van der Waals surface area contributed by atoms with Crippen LogP contribution in [0.25, 0.3) is 0 Å². The van der Waals surface area contributed by atoms with Crippen LogP contribution >= 0.6 is 0 Å². The summed E-state index contributed by atoms with van der Waals surface area (Å²) in [6, 6.07) is 3.79. The van der Waals surface area contributed by atoms with Crippen LogP contribution in [0, 0.1) is 17.2 Å². The van der Waals surface area contributed by atoms with E-state index in [1.807, 2.05) is 6.92 Å². The SMILES string of the molecule is CCCCCC[Si](C)(C)N1CCCN(CC(C)C#N)C1. The first kappa shape index (κ1) is 17.7. The van der Waals surface area contributed by atoms with Crippen molar-refractivity contribution in [2.75, 3.05) is 26.3 Å². The molecular formula is C16H33N3Si. The normalized spacial score (nSPS) is 19.8. The van der Waals surface area contributed by atoms with Crippen molar-refractivity contribution in [3.05, 3.63) is 0 Å². The van der Waals surface area contributed by atoms with E-state index in [9.17, 15) is 0 Å². The molecule has 3 nitrogen and oxygen atoms in total. The van der Waals surface area contributed by atoms with Gasteiger partial charge in [0.05, 0.1) is 12.0 Å². The van der Waals surface area contributed by atoms with Gasteiger partial charge in [-0.15, -0.1) is 0 Å². The van der Waals surface area contributed by atoms with E-state index in [2.05, 4.69) is 35.6 Å². The highest BCUT2D eigenvalue weighted by Crippen LogP contribution is 2.23. The van der Waals surface area contributed by atoms with Crippen molar-refractivity contribution < 1.29 is 0 Å². The van der Waals surface area contributed by atoms with E-state index >= 15 is 0 Å². The Balaban J connectivity index is 2.42. The van der Waals surface area contributed by atoms with Crippen LogP contribution in [-0.2, 0) is 0 Å². The summed E-state index contributed by atoms with van der Waals surface area (Å²) in [5, 5.41) is 8.98. The molecule has 0 aromatic heterocycles. The summed E-state index contributed by atoms with van der Waals surface area (Å²) in [5.74, 6) is 0.157. The van der Waals surface area contributed by atoms with Crippen molar-refractivity contribution in [1.29, 1.82) is 5.26 Å².